The van der Waals surface area contributed by atoms with Crippen molar-refractivity contribution in [2.24, 2.45) is 0 Å². The van der Waals surface area contributed by atoms with Crippen LogP contribution in [0, 0.1) is 0 Å². The molecule has 1 heteroatoms. The molecule has 0 bridgehead atoms. The van der Waals surface area contributed by atoms with E-state index < -0.39 is 0 Å². The highest BCUT2D eigenvalue weighted by Gasteiger charge is 2.25. The van der Waals surface area contributed by atoms with Crippen molar-refractivity contribution in [3.8, 4) is 0 Å². The van der Waals surface area contributed by atoms with Gasteiger partial charge in [-0.05, 0) is 38.5 Å². The van der Waals surface area contributed by atoms with Gasteiger partial charge in [0.1, 0.15) is 0 Å². The van der Waals surface area contributed by atoms with Gasteiger partial charge in [-0.25, -0.2) is 0 Å². The summed E-state index contributed by atoms with van der Waals surface area (Å²) < 4.78 is 1.44. The number of quaternary nitrogens is 1. The number of nitrogens with zero attached hydrogens (tertiary/aromatic N) is 1. The number of hydrogen-bond donors (Lipinski definition) is 0. The number of rotatable bonds is 18. The summed E-state index contributed by atoms with van der Waals surface area (Å²) in [6.45, 7) is 15.2. The Hall–Kier alpha value is -0.0400. The zero-order chi connectivity index (χ0) is 17.2. The van der Waals surface area contributed by atoms with E-state index in [0.717, 1.165) is 0 Å². The topological polar surface area (TPSA) is 0 Å². The first-order valence-electron chi connectivity index (χ1n) is 11.1. The van der Waals surface area contributed by atoms with Crippen LogP contribution in [0.3, 0.4) is 0 Å². The van der Waals surface area contributed by atoms with Gasteiger partial charge in [0.15, 0.2) is 0 Å². The van der Waals surface area contributed by atoms with Gasteiger partial charge in [0.25, 0.3) is 0 Å². The van der Waals surface area contributed by atoms with Gasteiger partial charge in [-0.3, -0.25) is 0 Å². The molecule has 0 aromatic rings. The maximum absolute atomic E-state index is 2.36. The molecule has 0 rings (SSSR count). The molecule has 0 spiro atoms. The summed E-state index contributed by atoms with van der Waals surface area (Å²) in [5, 5.41) is 0. The van der Waals surface area contributed by atoms with E-state index in [0.29, 0.717) is 0 Å². The molecule has 0 heterocycles. The maximum atomic E-state index is 2.36. The fourth-order valence-electron chi connectivity index (χ4n) is 3.76. The molecule has 1 nitrogen and oxygen atoms in total. The van der Waals surface area contributed by atoms with Crippen LogP contribution in [0.5, 0.6) is 0 Å². The van der Waals surface area contributed by atoms with Crippen molar-refractivity contribution in [1.29, 1.82) is 0 Å². The first kappa shape index (κ1) is 23.0. The van der Waals surface area contributed by atoms with Crippen molar-refractivity contribution < 1.29 is 4.48 Å². The highest BCUT2D eigenvalue weighted by Crippen LogP contribution is 2.18. The third kappa shape index (κ3) is 13.0. The van der Waals surface area contributed by atoms with E-state index in [9.17, 15) is 0 Å². The lowest BCUT2D eigenvalue weighted by atomic mass is 10.1. The van der Waals surface area contributed by atoms with Gasteiger partial charge in [0.05, 0.1) is 26.2 Å². The molecule has 0 saturated heterocycles. The average molecular weight is 327 g/mol. The van der Waals surface area contributed by atoms with Gasteiger partial charge in [0.2, 0.25) is 0 Å². The molecule has 0 N–H and O–H groups in total. The van der Waals surface area contributed by atoms with Crippen LogP contribution in [0.2, 0.25) is 0 Å². The van der Waals surface area contributed by atoms with E-state index in [-0.39, 0.29) is 0 Å². The third-order valence-corrected chi connectivity index (χ3v) is 5.44. The second-order valence-electron chi connectivity index (χ2n) is 7.77. The van der Waals surface area contributed by atoms with E-state index >= 15 is 0 Å². The Morgan fingerprint density at radius 2 is 0.652 bits per heavy atom. The van der Waals surface area contributed by atoms with E-state index in [1.165, 1.54) is 121 Å². The molecule has 0 radical (unpaired) electrons. The van der Waals surface area contributed by atoms with Crippen LogP contribution < -0.4 is 0 Å². The van der Waals surface area contributed by atoms with Crippen molar-refractivity contribution in [3.05, 3.63) is 0 Å². The van der Waals surface area contributed by atoms with Crippen LogP contribution >= 0.6 is 0 Å². The monoisotopic (exact) mass is 326 g/mol. The first-order chi connectivity index (χ1) is 11.2. The molecule has 0 aromatic carbocycles. The summed E-state index contributed by atoms with van der Waals surface area (Å²) in [7, 11) is 0. The molecule has 0 amide bonds. The largest absolute Gasteiger partial charge is 0.324 e. The summed E-state index contributed by atoms with van der Waals surface area (Å²) in [6, 6.07) is 0. The van der Waals surface area contributed by atoms with Crippen LogP contribution in [0.25, 0.3) is 0 Å². The van der Waals surface area contributed by atoms with Gasteiger partial charge in [0, 0.05) is 0 Å². The van der Waals surface area contributed by atoms with E-state index in [4.69, 9.17) is 0 Å². The summed E-state index contributed by atoms with van der Waals surface area (Å²) in [6.07, 6.45) is 19.9. The predicted octanol–water partition coefficient (Wildman–Crippen LogP) is 7.34. The van der Waals surface area contributed by atoms with Gasteiger partial charge >= 0.3 is 0 Å². The van der Waals surface area contributed by atoms with Crippen LogP contribution in [0.4, 0.5) is 0 Å². The summed E-state index contributed by atoms with van der Waals surface area (Å²) >= 11 is 0. The standard InChI is InChI=1S/C22H48N/c1-5-9-13-15-17-21-23(19-11-7-3,20-12-8-4)22-18-16-14-10-6-2/h5-22H2,1-4H3/q+1. The molecule has 0 unspecified atom stereocenters. The lowest BCUT2D eigenvalue weighted by Gasteiger charge is -2.39. The summed E-state index contributed by atoms with van der Waals surface area (Å²) in [5.41, 5.74) is 0. The molecule has 0 fully saturated rings. The van der Waals surface area contributed by atoms with E-state index in [2.05, 4.69) is 27.7 Å². The van der Waals surface area contributed by atoms with Crippen molar-refractivity contribution >= 4 is 0 Å². The van der Waals surface area contributed by atoms with Crippen LogP contribution in [0.15, 0.2) is 0 Å². The number of hydrogen-bond acceptors (Lipinski definition) is 0. The SMILES string of the molecule is CCCCCCC[N+](CCCC)(CCCC)CCCCCCC. The van der Waals surface area contributed by atoms with E-state index in [1.54, 1.807) is 0 Å². The Bertz CT molecular complexity index is 200. The Morgan fingerprint density at radius 1 is 0.348 bits per heavy atom. The van der Waals surface area contributed by atoms with Crippen LogP contribution in [-0.4, -0.2) is 30.7 Å². The smallest absolute Gasteiger partial charge is 0.0786 e. The Morgan fingerprint density at radius 3 is 1.00 bits per heavy atom. The minimum Gasteiger partial charge on any atom is -0.324 e. The van der Waals surface area contributed by atoms with Crippen molar-refractivity contribution in [2.45, 2.75) is 118 Å². The number of unbranched alkanes of at least 4 members (excludes halogenated alkanes) is 10. The maximum Gasteiger partial charge on any atom is 0.0786 e. The Kier molecular flexibility index (Phi) is 16.8. The van der Waals surface area contributed by atoms with Crippen molar-refractivity contribution in [3.63, 3.8) is 0 Å². The lowest BCUT2D eigenvalue weighted by Crippen LogP contribution is -2.50. The summed E-state index contributed by atoms with van der Waals surface area (Å²) in [5.74, 6) is 0. The van der Waals surface area contributed by atoms with Gasteiger partial charge in [-0.15, -0.1) is 0 Å². The zero-order valence-electron chi connectivity index (χ0n) is 17.2. The highest BCUT2D eigenvalue weighted by atomic mass is 15.3. The zero-order valence-corrected chi connectivity index (χ0v) is 17.2. The fourth-order valence-corrected chi connectivity index (χ4v) is 3.76. The molecular weight excluding hydrogens is 278 g/mol. The molecule has 0 atom stereocenters. The van der Waals surface area contributed by atoms with E-state index in [1.807, 2.05) is 0 Å². The minimum atomic E-state index is 1.36. The second-order valence-corrected chi connectivity index (χ2v) is 7.77. The van der Waals surface area contributed by atoms with Crippen molar-refractivity contribution in [2.75, 3.05) is 26.2 Å². The molecular formula is C22H48N+. The molecule has 140 valence electrons. The third-order valence-electron chi connectivity index (χ3n) is 5.44. The average Bonchev–Trinajstić information content (AvgIpc) is 2.57. The van der Waals surface area contributed by atoms with Gasteiger partial charge in [-0.2, -0.15) is 0 Å². The molecule has 23 heavy (non-hydrogen) atoms. The normalized spacial score (nSPS) is 12.0. The minimum absolute atomic E-state index is 1.36. The van der Waals surface area contributed by atoms with Gasteiger partial charge in [-0.1, -0.05) is 79.1 Å². The molecule has 0 saturated carbocycles. The Labute approximate surface area is 148 Å². The highest BCUT2D eigenvalue weighted by molar-refractivity contribution is 4.52. The van der Waals surface area contributed by atoms with Crippen molar-refractivity contribution in [1.82, 2.24) is 0 Å². The molecule has 0 aliphatic heterocycles. The Balaban J connectivity index is 4.40. The molecule has 0 aliphatic rings. The lowest BCUT2D eigenvalue weighted by molar-refractivity contribution is -0.929. The molecule has 0 aromatic heterocycles. The van der Waals surface area contributed by atoms with Crippen LogP contribution in [0.1, 0.15) is 118 Å². The first-order valence-corrected chi connectivity index (χ1v) is 11.1. The van der Waals surface area contributed by atoms with Gasteiger partial charge < -0.3 is 4.48 Å². The quantitative estimate of drug-likeness (QED) is 0.182. The summed E-state index contributed by atoms with van der Waals surface area (Å²) in [4.78, 5) is 0. The fraction of sp³-hybridized carbons (Fsp3) is 1.00. The molecule has 0 aliphatic carbocycles. The van der Waals surface area contributed by atoms with Crippen LogP contribution in [-0.2, 0) is 0 Å². The predicted molar refractivity (Wildman–Crippen MR) is 107 cm³/mol. The second kappa shape index (κ2) is 16.8.